The second-order valence-electron chi connectivity index (χ2n) is 6.99. The second-order valence-corrected chi connectivity index (χ2v) is 8.16. The van der Waals surface area contributed by atoms with Crippen molar-refractivity contribution in [1.82, 2.24) is 10.2 Å². The number of likely N-dealkylation sites (tertiary alicyclic amines) is 1. The minimum absolute atomic E-state index is 0.201. The number of amides is 1. The minimum atomic E-state index is 0.201. The molecule has 0 spiro atoms. The first kappa shape index (κ1) is 16.8. The molecule has 1 aliphatic carbocycles. The first-order valence-corrected chi connectivity index (χ1v) is 9.89. The molecule has 3 nitrogen and oxygen atoms in total. The summed E-state index contributed by atoms with van der Waals surface area (Å²) < 4.78 is 0. The first-order valence-electron chi connectivity index (χ1n) is 8.90. The summed E-state index contributed by atoms with van der Waals surface area (Å²) in [7, 11) is 0. The van der Waals surface area contributed by atoms with Crippen LogP contribution < -0.4 is 5.32 Å². The van der Waals surface area contributed by atoms with Crippen LogP contribution in [-0.4, -0.2) is 42.7 Å². The summed E-state index contributed by atoms with van der Waals surface area (Å²) >= 11 is 1.91. The predicted molar refractivity (Wildman–Crippen MR) is 96.8 cm³/mol. The van der Waals surface area contributed by atoms with Crippen LogP contribution in [0, 0.1) is 18.8 Å². The number of thioether (sulfide) groups is 1. The fourth-order valence-corrected chi connectivity index (χ4v) is 4.02. The van der Waals surface area contributed by atoms with Gasteiger partial charge in [-0.25, -0.2) is 0 Å². The molecular formula is C19H28N2OS. The monoisotopic (exact) mass is 332 g/mol. The average Bonchev–Trinajstić information content (AvgIpc) is 3.39. The molecule has 0 unspecified atom stereocenters. The van der Waals surface area contributed by atoms with Crippen molar-refractivity contribution in [3.05, 3.63) is 29.8 Å². The van der Waals surface area contributed by atoms with Crippen LogP contribution in [-0.2, 0) is 4.79 Å². The molecule has 1 atom stereocenters. The number of nitrogens with one attached hydrogen (secondary N) is 1. The lowest BCUT2D eigenvalue weighted by atomic mass is 9.97. The summed E-state index contributed by atoms with van der Waals surface area (Å²) in [4.78, 5) is 16.1. The molecule has 1 aliphatic heterocycles. The minimum Gasteiger partial charge on any atom is -0.356 e. The van der Waals surface area contributed by atoms with Crippen molar-refractivity contribution in [3.8, 4) is 0 Å². The average molecular weight is 333 g/mol. The van der Waals surface area contributed by atoms with E-state index in [1.807, 2.05) is 11.8 Å². The highest BCUT2D eigenvalue weighted by atomic mass is 32.2. The van der Waals surface area contributed by atoms with Gasteiger partial charge in [-0.1, -0.05) is 17.7 Å². The van der Waals surface area contributed by atoms with Gasteiger partial charge in [0, 0.05) is 30.3 Å². The van der Waals surface area contributed by atoms with Crippen molar-refractivity contribution in [1.29, 1.82) is 0 Å². The van der Waals surface area contributed by atoms with Gasteiger partial charge in [0.2, 0.25) is 5.91 Å². The van der Waals surface area contributed by atoms with E-state index in [1.54, 1.807) is 0 Å². The lowest BCUT2D eigenvalue weighted by Gasteiger charge is -2.31. The molecule has 0 radical (unpaired) electrons. The van der Waals surface area contributed by atoms with E-state index < -0.39 is 0 Å². The number of hydrogen-bond acceptors (Lipinski definition) is 3. The van der Waals surface area contributed by atoms with E-state index in [0.717, 1.165) is 50.7 Å². The lowest BCUT2D eigenvalue weighted by Crippen LogP contribution is -2.44. The van der Waals surface area contributed by atoms with Gasteiger partial charge in [-0.05, 0) is 57.2 Å². The third kappa shape index (κ3) is 5.54. The quantitative estimate of drug-likeness (QED) is 0.778. The highest BCUT2D eigenvalue weighted by molar-refractivity contribution is 7.99. The number of benzene rings is 1. The van der Waals surface area contributed by atoms with Gasteiger partial charge in [0.25, 0.3) is 0 Å². The van der Waals surface area contributed by atoms with Gasteiger partial charge < -0.3 is 10.2 Å². The fourth-order valence-electron chi connectivity index (χ4n) is 3.11. The summed E-state index contributed by atoms with van der Waals surface area (Å²) in [6, 6.07) is 8.74. The summed E-state index contributed by atoms with van der Waals surface area (Å²) in [6.07, 6.45) is 4.80. The number of nitrogens with zero attached hydrogens (tertiary/aromatic N) is 1. The Morgan fingerprint density at radius 3 is 2.78 bits per heavy atom. The maximum atomic E-state index is 12.3. The number of carbonyl (C=O) groups excluding carboxylic acids is 1. The molecule has 1 heterocycles. The number of piperidine rings is 1. The lowest BCUT2D eigenvalue weighted by molar-refractivity contribution is -0.126. The van der Waals surface area contributed by atoms with Crippen molar-refractivity contribution in [3.63, 3.8) is 0 Å². The second kappa shape index (κ2) is 8.20. The molecule has 1 aromatic carbocycles. The fraction of sp³-hybridized carbons (Fsp3) is 0.632. The number of hydrogen-bond donors (Lipinski definition) is 1. The molecule has 2 fully saturated rings. The van der Waals surface area contributed by atoms with Crippen LogP contribution in [0.4, 0.5) is 0 Å². The molecule has 1 aromatic rings. The van der Waals surface area contributed by atoms with Gasteiger partial charge >= 0.3 is 0 Å². The van der Waals surface area contributed by atoms with Gasteiger partial charge in [-0.15, -0.1) is 11.8 Å². The topological polar surface area (TPSA) is 32.3 Å². The number of rotatable bonds is 7. The van der Waals surface area contributed by atoms with E-state index in [0.29, 0.717) is 0 Å². The molecule has 4 heteroatoms. The molecule has 23 heavy (non-hydrogen) atoms. The van der Waals surface area contributed by atoms with Crippen LogP contribution in [0.1, 0.15) is 31.2 Å². The summed E-state index contributed by atoms with van der Waals surface area (Å²) in [5.41, 5.74) is 1.31. The summed E-state index contributed by atoms with van der Waals surface area (Å²) in [5.74, 6) is 2.35. The Kier molecular flexibility index (Phi) is 6.01. The highest BCUT2D eigenvalue weighted by Crippen LogP contribution is 2.28. The summed E-state index contributed by atoms with van der Waals surface area (Å²) in [5, 5.41) is 3.15. The highest BCUT2D eigenvalue weighted by Gasteiger charge is 2.27. The van der Waals surface area contributed by atoms with E-state index in [1.165, 1.54) is 23.3 Å². The van der Waals surface area contributed by atoms with Crippen LogP contribution in [0.25, 0.3) is 0 Å². The maximum absolute atomic E-state index is 12.3. The molecule has 1 saturated heterocycles. The van der Waals surface area contributed by atoms with E-state index in [4.69, 9.17) is 0 Å². The largest absolute Gasteiger partial charge is 0.356 e. The van der Waals surface area contributed by atoms with Crippen molar-refractivity contribution in [2.24, 2.45) is 11.8 Å². The normalized spacial score (nSPS) is 22.0. The van der Waals surface area contributed by atoms with Gasteiger partial charge in [0.05, 0.1) is 5.92 Å². The Balaban J connectivity index is 1.37. The van der Waals surface area contributed by atoms with Gasteiger partial charge in [-0.3, -0.25) is 4.79 Å². The standard InChI is InChI=1S/C19H28N2OS/c1-15-4-8-18(9-5-15)23-12-11-21-10-2-3-17(14-21)19(22)20-13-16-6-7-16/h4-5,8-9,16-17H,2-3,6-7,10-14H2,1H3,(H,20,22)/t17-/m1/s1. The molecular weight excluding hydrogens is 304 g/mol. The smallest absolute Gasteiger partial charge is 0.224 e. The van der Waals surface area contributed by atoms with E-state index in [2.05, 4.69) is 41.4 Å². The van der Waals surface area contributed by atoms with Crippen LogP contribution in [0.2, 0.25) is 0 Å². The van der Waals surface area contributed by atoms with E-state index in [9.17, 15) is 4.79 Å². The van der Waals surface area contributed by atoms with Crippen LogP contribution >= 0.6 is 11.8 Å². The van der Waals surface area contributed by atoms with E-state index >= 15 is 0 Å². The molecule has 1 saturated carbocycles. The third-order valence-corrected chi connectivity index (χ3v) is 5.83. The van der Waals surface area contributed by atoms with Crippen LogP contribution in [0.15, 0.2) is 29.2 Å². The van der Waals surface area contributed by atoms with Crippen molar-refractivity contribution in [2.45, 2.75) is 37.5 Å². The van der Waals surface area contributed by atoms with E-state index in [-0.39, 0.29) is 11.8 Å². The Labute approximate surface area is 144 Å². The zero-order valence-corrected chi connectivity index (χ0v) is 14.9. The van der Waals surface area contributed by atoms with Crippen LogP contribution in [0.5, 0.6) is 0 Å². The number of carbonyl (C=O) groups is 1. The van der Waals surface area contributed by atoms with Gasteiger partial charge in [0.1, 0.15) is 0 Å². The molecule has 0 bridgehead atoms. The van der Waals surface area contributed by atoms with Crippen LogP contribution in [0.3, 0.4) is 0 Å². The Hall–Kier alpha value is -1.00. The number of aryl methyl sites for hydroxylation is 1. The zero-order chi connectivity index (χ0) is 16.1. The third-order valence-electron chi connectivity index (χ3n) is 4.84. The zero-order valence-electron chi connectivity index (χ0n) is 14.1. The predicted octanol–water partition coefficient (Wildman–Crippen LogP) is 3.33. The summed E-state index contributed by atoms with van der Waals surface area (Å²) in [6.45, 7) is 6.17. The molecule has 2 aliphatic rings. The molecule has 1 N–H and O–H groups in total. The van der Waals surface area contributed by atoms with Crippen molar-refractivity contribution >= 4 is 17.7 Å². The maximum Gasteiger partial charge on any atom is 0.224 e. The van der Waals surface area contributed by atoms with Crippen molar-refractivity contribution < 1.29 is 4.79 Å². The van der Waals surface area contributed by atoms with Gasteiger partial charge in [-0.2, -0.15) is 0 Å². The molecule has 126 valence electrons. The molecule has 0 aromatic heterocycles. The molecule has 1 amide bonds. The van der Waals surface area contributed by atoms with Crippen molar-refractivity contribution in [2.75, 3.05) is 31.9 Å². The Morgan fingerprint density at radius 1 is 1.26 bits per heavy atom. The van der Waals surface area contributed by atoms with Gasteiger partial charge in [0.15, 0.2) is 0 Å². The first-order chi connectivity index (χ1) is 11.2. The Morgan fingerprint density at radius 2 is 2.04 bits per heavy atom. The molecule has 3 rings (SSSR count). The Bertz CT molecular complexity index is 513. The SMILES string of the molecule is Cc1ccc(SCCN2CCC[C@@H](C(=O)NCC3CC3)C2)cc1.